The van der Waals surface area contributed by atoms with Gasteiger partial charge in [0.25, 0.3) is 5.91 Å². The summed E-state index contributed by atoms with van der Waals surface area (Å²) in [5.74, 6) is 0.756. The van der Waals surface area contributed by atoms with E-state index in [1.54, 1.807) is 0 Å². The molecule has 1 aliphatic rings. The SMILES string of the molecule is CC(C)CCOC(C)C(=O)N1CCNCC1.Cl. The lowest BCUT2D eigenvalue weighted by Crippen LogP contribution is -2.49. The van der Waals surface area contributed by atoms with Crippen LogP contribution in [0.2, 0.25) is 0 Å². The number of halogens is 1. The van der Waals surface area contributed by atoms with Crippen LogP contribution >= 0.6 is 12.4 Å². The Hall–Kier alpha value is -0.320. The van der Waals surface area contributed by atoms with E-state index in [1.807, 2.05) is 11.8 Å². The number of nitrogens with one attached hydrogen (secondary N) is 1. The topological polar surface area (TPSA) is 41.6 Å². The van der Waals surface area contributed by atoms with E-state index in [9.17, 15) is 4.79 Å². The molecule has 0 aromatic rings. The molecule has 0 saturated carbocycles. The highest BCUT2D eigenvalue weighted by Gasteiger charge is 2.22. The number of carbonyl (C=O) groups is 1. The Kier molecular flexibility index (Phi) is 8.56. The molecule has 1 aliphatic heterocycles. The molecule has 0 spiro atoms. The maximum atomic E-state index is 11.9. The summed E-state index contributed by atoms with van der Waals surface area (Å²) in [6, 6.07) is 0. The Morgan fingerprint density at radius 3 is 2.41 bits per heavy atom. The van der Waals surface area contributed by atoms with Crippen LogP contribution in [0.25, 0.3) is 0 Å². The fourth-order valence-corrected chi connectivity index (χ4v) is 1.69. The minimum Gasteiger partial charge on any atom is -0.369 e. The summed E-state index contributed by atoms with van der Waals surface area (Å²) < 4.78 is 5.56. The molecule has 1 unspecified atom stereocenters. The third-order valence-corrected chi connectivity index (χ3v) is 2.84. The Morgan fingerprint density at radius 1 is 1.29 bits per heavy atom. The maximum absolute atomic E-state index is 11.9. The van der Waals surface area contributed by atoms with Crippen LogP contribution in [0.4, 0.5) is 0 Å². The van der Waals surface area contributed by atoms with Gasteiger partial charge in [-0.3, -0.25) is 4.79 Å². The number of hydrogen-bond donors (Lipinski definition) is 1. The zero-order chi connectivity index (χ0) is 12.0. The molecule has 17 heavy (non-hydrogen) atoms. The predicted octanol–water partition coefficient (Wildman–Crippen LogP) is 1.29. The Bertz CT molecular complexity index is 219. The van der Waals surface area contributed by atoms with Crippen molar-refractivity contribution in [2.75, 3.05) is 32.8 Å². The second-order valence-corrected chi connectivity index (χ2v) is 4.77. The quantitative estimate of drug-likeness (QED) is 0.814. The van der Waals surface area contributed by atoms with E-state index in [2.05, 4.69) is 19.2 Å². The van der Waals surface area contributed by atoms with Crippen molar-refractivity contribution >= 4 is 18.3 Å². The molecule has 102 valence electrons. The van der Waals surface area contributed by atoms with Gasteiger partial charge in [0, 0.05) is 32.8 Å². The molecule has 1 heterocycles. The number of nitrogens with zero attached hydrogens (tertiary/aromatic N) is 1. The van der Waals surface area contributed by atoms with Gasteiger partial charge in [0.05, 0.1) is 0 Å². The molecule has 1 saturated heterocycles. The van der Waals surface area contributed by atoms with Gasteiger partial charge in [-0.05, 0) is 19.3 Å². The monoisotopic (exact) mass is 264 g/mol. The van der Waals surface area contributed by atoms with Crippen LogP contribution < -0.4 is 5.32 Å². The van der Waals surface area contributed by atoms with Crippen molar-refractivity contribution in [3.63, 3.8) is 0 Å². The third kappa shape index (κ3) is 6.24. The highest BCUT2D eigenvalue weighted by atomic mass is 35.5. The Morgan fingerprint density at radius 2 is 1.88 bits per heavy atom. The minimum atomic E-state index is -0.295. The summed E-state index contributed by atoms with van der Waals surface area (Å²) in [5, 5.41) is 3.23. The fraction of sp³-hybridized carbons (Fsp3) is 0.917. The van der Waals surface area contributed by atoms with Crippen LogP contribution in [0.15, 0.2) is 0 Å². The lowest BCUT2D eigenvalue weighted by atomic mass is 10.1. The molecule has 1 rings (SSSR count). The zero-order valence-electron chi connectivity index (χ0n) is 11.1. The summed E-state index contributed by atoms with van der Waals surface area (Å²) in [7, 11) is 0. The van der Waals surface area contributed by atoms with Crippen molar-refractivity contribution in [1.82, 2.24) is 10.2 Å². The third-order valence-electron chi connectivity index (χ3n) is 2.84. The van der Waals surface area contributed by atoms with Gasteiger partial charge in [-0.2, -0.15) is 0 Å². The number of amides is 1. The van der Waals surface area contributed by atoms with Crippen molar-refractivity contribution in [2.24, 2.45) is 5.92 Å². The first-order valence-electron chi connectivity index (χ1n) is 6.22. The van der Waals surface area contributed by atoms with Crippen LogP contribution in [-0.2, 0) is 9.53 Å². The highest BCUT2D eigenvalue weighted by molar-refractivity contribution is 5.85. The average Bonchev–Trinajstić information content (AvgIpc) is 2.28. The standard InChI is InChI=1S/C12H24N2O2.ClH/c1-10(2)4-9-16-11(3)12(15)14-7-5-13-6-8-14;/h10-11,13H,4-9H2,1-3H3;1H. The number of ether oxygens (including phenoxy) is 1. The van der Waals surface area contributed by atoms with Crippen LogP contribution in [-0.4, -0.2) is 49.7 Å². The van der Waals surface area contributed by atoms with Gasteiger partial charge in [0.15, 0.2) is 0 Å². The first-order chi connectivity index (χ1) is 7.61. The van der Waals surface area contributed by atoms with E-state index >= 15 is 0 Å². The number of rotatable bonds is 5. The second kappa shape index (κ2) is 8.72. The molecule has 1 amide bonds. The average molecular weight is 265 g/mol. The first-order valence-corrected chi connectivity index (χ1v) is 6.22. The predicted molar refractivity (Wildman–Crippen MR) is 71.6 cm³/mol. The van der Waals surface area contributed by atoms with E-state index in [1.165, 1.54) is 0 Å². The largest absolute Gasteiger partial charge is 0.369 e. The molecular formula is C12H25ClN2O2. The van der Waals surface area contributed by atoms with E-state index in [-0.39, 0.29) is 24.4 Å². The van der Waals surface area contributed by atoms with Crippen LogP contribution in [0.5, 0.6) is 0 Å². The molecule has 0 aromatic carbocycles. The van der Waals surface area contributed by atoms with Crippen LogP contribution in [0.3, 0.4) is 0 Å². The van der Waals surface area contributed by atoms with Gasteiger partial charge in [0.2, 0.25) is 0 Å². The molecule has 0 bridgehead atoms. The normalized spacial score (nSPS) is 17.8. The van der Waals surface area contributed by atoms with E-state index in [4.69, 9.17) is 4.74 Å². The molecule has 1 fully saturated rings. The highest BCUT2D eigenvalue weighted by Crippen LogP contribution is 2.04. The van der Waals surface area contributed by atoms with E-state index in [0.717, 1.165) is 32.6 Å². The number of piperazine rings is 1. The molecule has 0 aromatic heterocycles. The number of hydrogen-bond acceptors (Lipinski definition) is 3. The summed E-state index contributed by atoms with van der Waals surface area (Å²) in [6.45, 7) is 10.2. The Labute approximate surface area is 110 Å². The van der Waals surface area contributed by atoms with Gasteiger partial charge in [-0.15, -0.1) is 12.4 Å². The zero-order valence-corrected chi connectivity index (χ0v) is 11.9. The van der Waals surface area contributed by atoms with Gasteiger partial charge >= 0.3 is 0 Å². The maximum Gasteiger partial charge on any atom is 0.251 e. The molecule has 0 aliphatic carbocycles. The minimum absolute atomic E-state index is 0. The van der Waals surface area contributed by atoms with Crippen molar-refractivity contribution in [1.29, 1.82) is 0 Å². The summed E-state index contributed by atoms with van der Waals surface area (Å²) in [6.07, 6.45) is 0.718. The smallest absolute Gasteiger partial charge is 0.251 e. The summed E-state index contributed by atoms with van der Waals surface area (Å²) >= 11 is 0. The molecule has 5 heteroatoms. The Balaban J connectivity index is 0.00000256. The van der Waals surface area contributed by atoms with Crippen molar-refractivity contribution in [3.8, 4) is 0 Å². The van der Waals surface area contributed by atoms with Gasteiger partial charge in [-0.25, -0.2) is 0 Å². The fourth-order valence-electron chi connectivity index (χ4n) is 1.69. The van der Waals surface area contributed by atoms with Gasteiger partial charge in [-0.1, -0.05) is 13.8 Å². The first kappa shape index (κ1) is 16.7. The van der Waals surface area contributed by atoms with Crippen LogP contribution in [0, 0.1) is 5.92 Å². The molecule has 4 nitrogen and oxygen atoms in total. The lowest BCUT2D eigenvalue weighted by Gasteiger charge is -2.29. The van der Waals surface area contributed by atoms with E-state index < -0.39 is 0 Å². The molecule has 1 atom stereocenters. The second-order valence-electron chi connectivity index (χ2n) is 4.77. The van der Waals surface area contributed by atoms with Crippen molar-refractivity contribution in [2.45, 2.75) is 33.3 Å². The van der Waals surface area contributed by atoms with Gasteiger partial charge < -0.3 is 15.0 Å². The molecule has 0 radical (unpaired) electrons. The van der Waals surface area contributed by atoms with Crippen molar-refractivity contribution < 1.29 is 9.53 Å². The van der Waals surface area contributed by atoms with Crippen molar-refractivity contribution in [3.05, 3.63) is 0 Å². The molecule has 1 N–H and O–H groups in total. The molecular weight excluding hydrogens is 240 g/mol. The van der Waals surface area contributed by atoms with Crippen LogP contribution in [0.1, 0.15) is 27.2 Å². The number of carbonyl (C=O) groups excluding carboxylic acids is 1. The van der Waals surface area contributed by atoms with Gasteiger partial charge in [0.1, 0.15) is 6.10 Å². The summed E-state index contributed by atoms with van der Waals surface area (Å²) in [5.41, 5.74) is 0. The summed E-state index contributed by atoms with van der Waals surface area (Å²) in [4.78, 5) is 13.8. The lowest BCUT2D eigenvalue weighted by molar-refractivity contribution is -0.143. The van der Waals surface area contributed by atoms with E-state index in [0.29, 0.717) is 12.5 Å².